The summed E-state index contributed by atoms with van der Waals surface area (Å²) in [6.45, 7) is 5.28. The fourth-order valence-electron chi connectivity index (χ4n) is 3.72. The van der Waals surface area contributed by atoms with Gasteiger partial charge in [0.2, 0.25) is 5.82 Å². The molecule has 0 saturated heterocycles. The van der Waals surface area contributed by atoms with Crippen LogP contribution in [0.4, 0.5) is 25.4 Å². The Morgan fingerprint density at radius 3 is 2.29 bits per heavy atom. The number of nitrogens with zero attached hydrogens (tertiary/aromatic N) is 2. The van der Waals surface area contributed by atoms with Gasteiger partial charge in [0.1, 0.15) is 17.5 Å². The third-order valence-electron chi connectivity index (χ3n) is 5.55. The van der Waals surface area contributed by atoms with Gasteiger partial charge in [0.05, 0.1) is 5.56 Å². The van der Waals surface area contributed by atoms with E-state index in [0.717, 1.165) is 6.07 Å². The van der Waals surface area contributed by atoms with Gasteiger partial charge in [-0.1, -0.05) is 29.4 Å². The predicted octanol–water partition coefficient (Wildman–Crippen LogP) is 5.71. The number of carbonyl (C=O) groups excluding carboxylic acids is 2. The van der Waals surface area contributed by atoms with Crippen molar-refractivity contribution in [1.82, 2.24) is 15.5 Å². The zero-order chi connectivity index (χ0) is 29.6. The molecular formula is C29H28FN5O6. The van der Waals surface area contributed by atoms with E-state index < -0.39 is 35.6 Å². The molecule has 0 fully saturated rings. The van der Waals surface area contributed by atoms with Crippen LogP contribution >= 0.6 is 0 Å². The Bertz CT molecular complexity index is 1530. The molecule has 4 aromatic rings. The van der Waals surface area contributed by atoms with E-state index in [1.165, 1.54) is 12.1 Å². The standard InChI is InChI=1S/C29H28FN5O6/c1-29(2,3)40-28(39)32-20-12-10-18(11-13-20)25-34-24(35-41-25)21-14-9-17(15-22(21)30)16-23(26(36)37)33-27(38)31-19-7-5-4-6-8-19/h4-15,23H,16H2,1-3H3,(H,32,39)(H,36,37)(H2,31,33,38). The SMILES string of the molecule is CC(C)(C)OC(=O)Nc1ccc(-c2nc(-c3ccc(CC(NC(=O)Nc4ccccc4)C(=O)O)cc3F)no2)cc1. The van der Waals surface area contributed by atoms with Crippen molar-refractivity contribution >= 4 is 29.5 Å². The summed E-state index contributed by atoms with van der Waals surface area (Å²) < 4.78 is 25.5. The van der Waals surface area contributed by atoms with Crippen LogP contribution in [-0.2, 0) is 16.0 Å². The number of urea groups is 1. The van der Waals surface area contributed by atoms with Crippen molar-refractivity contribution in [3.05, 3.63) is 84.2 Å². The molecule has 3 amide bonds. The molecule has 3 aromatic carbocycles. The Morgan fingerprint density at radius 2 is 1.66 bits per heavy atom. The molecule has 212 valence electrons. The third-order valence-corrected chi connectivity index (χ3v) is 5.55. The Morgan fingerprint density at radius 1 is 0.976 bits per heavy atom. The Hall–Kier alpha value is -5.26. The number of carboxylic acid groups (broad SMARTS) is 1. The molecule has 4 N–H and O–H groups in total. The van der Waals surface area contributed by atoms with Crippen LogP contribution in [0.5, 0.6) is 0 Å². The molecule has 1 heterocycles. The molecule has 41 heavy (non-hydrogen) atoms. The maximum Gasteiger partial charge on any atom is 0.412 e. The van der Waals surface area contributed by atoms with Crippen molar-refractivity contribution in [1.29, 1.82) is 0 Å². The van der Waals surface area contributed by atoms with Gasteiger partial charge in [-0.3, -0.25) is 5.32 Å². The first-order valence-corrected chi connectivity index (χ1v) is 12.5. The zero-order valence-electron chi connectivity index (χ0n) is 22.5. The molecule has 0 spiro atoms. The van der Waals surface area contributed by atoms with Gasteiger partial charge in [0, 0.05) is 23.4 Å². The van der Waals surface area contributed by atoms with Crippen molar-refractivity contribution in [2.75, 3.05) is 10.6 Å². The first-order valence-electron chi connectivity index (χ1n) is 12.5. The number of carbonyl (C=O) groups is 3. The van der Waals surface area contributed by atoms with Gasteiger partial charge in [-0.2, -0.15) is 4.98 Å². The minimum absolute atomic E-state index is 0.00449. The molecule has 0 radical (unpaired) electrons. The number of benzene rings is 3. The van der Waals surface area contributed by atoms with Gasteiger partial charge in [-0.25, -0.2) is 18.8 Å². The lowest BCUT2D eigenvalue weighted by molar-refractivity contribution is -0.139. The summed E-state index contributed by atoms with van der Waals surface area (Å²) >= 11 is 0. The number of aromatic nitrogens is 2. The lowest BCUT2D eigenvalue weighted by Crippen LogP contribution is -2.44. The number of amides is 3. The van der Waals surface area contributed by atoms with E-state index in [1.54, 1.807) is 75.4 Å². The van der Waals surface area contributed by atoms with Gasteiger partial charge < -0.3 is 25.0 Å². The van der Waals surface area contributed by atoms with E-state index in [4.69, 9.17) is 9.26 Å². The Balaban J connectivity index is 1.40. The molecular weight excluding hydrogens is 533 g/mol. The van der Waals surface area contributed by atoms with Gasteiger partial charge in [0.25, 0.3) is 5.89 Å². The van der Waals surface area contributed by atoms with Crippen molar-refractivity contribution in [3.63, 3.8) is 0 Å². The Labute approximate surface area is 234 Å². The summed E-state index contributed by atoms with van der Waals surface area (Å²) in [7, 11) is 0. The molecule has 0 aliphatic carbocycles. The number of nitrogens with one attached hydrogen (secondary N) is 3. The molecule has 4 rings (SSSR count). The molecule has 1 unspecified atom stereocenters. The second-order valence-electron chi connectivity index (χ2n) is 10.0. The zero-order valence-corrected chi connectivity index (χ0v) is 22.5. The van der Waals surface area contributed by atoms with Crippen molar-refractivity contribution < 1.29 is 33.1 Å². The van der Waals surface area contributed by atoms with Crippen molar-refractivity contribution in [2.24, 2.45) is 0 Å². The number of rotatable bonds is 8. The van der Waals surface area contributed by atoms with E-state index in [9.17, 15) is 19.5 Å². The fraction of sp³-hybridized carbons (Fsp3) is 0.207. The highest BCUT2D eigenvalue weighted by atomic mass is 19.1. The molecule has 0 aliphatic heterocycles. The van der Waals surface area contributed by atoms with Crippen LogP contribution < -0.4 is 16.0 Å². The number of halogens is 1. The van der Waals surface area contributed by atoms with Gasteiger partial charge in [0.15, 0.2) is 0 Å². The number of hydrogen-bond acceptors (Lipinski definition) is 7. The van der Waals surface area contributed by atoms with Crippen LogP contribution in [0.15, 0.2) is 77.3 Å². The number of aliphatic carboxylic acids is 1. The van der Waals surface area contributed by atoms with Crippen molar-refractivity contribution in [2.45, 2.75) is 38.8 Å². The van der Waals surface area contributed by atoms with Gasteiger partial charge in [-0.05, 0) is 74.9 Å². The summed E-state index contributed by atoms with van der Waals surface area (Å²) in [5.41, 5.74) is 1.29. The summed E-state index contributed by atoms with van der Waals surface area (Å²) in [6, 6.07) is 17.2. The minimum atomic E-state index is -1.30. The summed E-state index contributed by atoms with van der Waals surface area (Å²) in [4.78, 5) is 40.2. The first kappa shape index (κ1) is 28.7. The van der Waals surface area contributed by atoms with E-state index in [0.29, 0.717) is 22.5 Å². The minimum Gasteiger partial charge on any atom is -0.480 e. The largest absolute Gasteiger partial charge is 0.480 e. The number of ether oxygens (including phenoxy) is 1. The number of para-hydroxylation sites is 1. The van der Waals surface area contributed by atoms with E-state index in [2.05, 4.69) is 26.1 Å². The van der Waals surface area contributed by atoms with E-state index in [1.807, 2.05) is 0 Å². The van der Waals surface area contributed by atoms with E-state index >= 15 is 4.39 Å². The first-order chi connectivity index (χ1) is 19.5. The molecule has 0 saturated carbocycles. The maximum atomic E-state index is 15.0. The van der Waals surface area contributed by atoms with Crippen LogP contribution in [0.1, 0.15) is 26.3 Å². The Kier molecular flexibility index (Phi) is 8.61. The maximum absolute atomic E-state index is 15.0. The van der Waals surface area contributed by atoms with Gasteiger partial charge in [-0.15, -0.1) is 0 Å². The number of hydrogen-bond donors (Lipinski definition) is 4. The normalized spacial score (nSPS) is 11.8. The van der Waals surface area contributed by atoms with Crippen molar-refractivity contribution in [3.8, 4) is 22.8 Å². The van der Waals surface area contributed by atoms with Crippen LogP contribution in [0, 0.1) is 5.82 Å². The predicted molar refractivity (Wildman–Crippen MR) is 149 cm³/mol. The summed E-state index contributed by atoms with van der Waals surface area (Å²) in [6.07, 6.45) is -0.749. The summed E-state index contributed by atoms with van der Waals surface area (Å²) in [5.74, 6) is -1.83. The molecule has 11 nitrogen and oxygen atoms in total. The number of anilines is 2. The highest BCUT2D eigenvalue weighted by Gasteiger charge is 2.22. The highest BCUT2D eigenvalue weighted by Crippen LogP contribution is 2.26. The van der Waals surface area contributed by atoms with Crippen LogP contribution in [0.25, 0.3) is 22.8 Å². The second kappa shape index (κ2) is 12.3. The van der Waals surface area contributed by atoms with E-state index in [-0.39, 0.29) is 23.7 Å². The third kappa shape index (κ3) is 8.12. The fourth-order valence-corrected chi connectivity index (χ4v) is 3.72. The van der Waals surface area contributed by atoms with Gasteiger partial charge >= 0.3 is 18.1 Å². The summed E-state index contributed by atoms with van der Waals surface area (Å²) in [5, 5.41) is 21.0. The average Bonchev–Trinajstić information content (AvgIpc) is 3.38. The molecule has 0 bridgehead atoms. The highest BCUT2D eigenvalue weighted by molar-refractivity contribution is 5.92. The second-order valence-corrected chi connectivity index (χ2v) is 10.0. The lowest BCUT2D eigenvalue weighted by Gasteiger charge is -2.19. The topological polar surface area (TPSA) is 156 Å². The van der Waals surface area contributed by atoms with Crippen LogP contribution in [0.2, 0.25) is 0 Å². The molecule has 1 aromatic heterocycles. The average molecular weight is 562 g/mol. The quantitative estimate of drug-likeness (QED) is 0.213. The van der Waals surface area contributed by atoms with Crippen LogP contribution in [0.3, 0.4) is 0 Å². The molecule has 0 aliphatic rings. The molecule has 1 atom stereocenters. The lowest BCUT2D eigenvalue weighted by atomic mass is 10.0. The molecule has 12 heteroatoms. The smallest absolute Gasteiger partial charge is 0.412 e. The number of carboxylic acids is 1. The monoisotopic (exact) mass is 561 g/mol. The van der Waals surface area contributed by atoms with Crippen LogP contribution in [-0.4, -0.2) is 45.0 Å².